The molecule has 3 unspecified atom stereocenters. The molecule has 4 heteroatoms. The third kappa shape index (κ3) is 2.80. The monoisotopic (exact) mass is 358 g/mol. The number of rotatable bonds is 2. The molecule has 2 aliphatic carbocycles. The molecule has 3 atom stereocenters. The Morgan fingerprint density at radius 2 is 1.77 bits per heavy atom. The van der Waals surface area contributed by atoms with Gasteiger partial charge in [0, 0.05) is 0 Å². The highest BCUT2D eigenvalue weighted by Gasteiger charge is 2.51. The zero-order chi connectivity index (χ0) is 19.3. The molecule has 4 nitrogen and oxygen atoms in total. The molecule has 0 radical (unpaired) electrons. The molecule has 0 spiro atoms. The minimum atomic E-state index is -0.383. The summed E-state index contributed by atoms with van der Waals surface area (Å²) in [6.07, 6.45) is 8.02. The number of phenolic OH excluding ortho intramolecular Hbond substituents is 3. The predicted octanol–water partition coefficient (Wildman–Crippen LogP) is 5.26. The van der Waals surface area contributed by atoms with E-state index in [-0.39, 0.29) is 39.2 Å². The van der Waals surface area contributed by atoms with Crippen molar-refractivity contribution in [1.82, 2.24) is 0 Å². The van der Waals surface area contributed by atoms with E-state index in [1.165, 1.54) is 18.4 Å². The first kappa shape index (κ1) is 18.8. The standard InChI is InChI=1S/C22H30O4/c1-13-6-7-18-21(2,3)8-5-9-22(18,4)16(13)11-15-19(25)14(12-23)10-17(24)20(15)26/h10-13,18,24-26H,5-9H2,1-4H3/b16-11+. The molecule has 26 heavy (non-hydrogen) atoms. The van der Waals surface area contributed by atoms with Gasteiger partial charge < -0.3 is 15.3 Å². The molecule has 0 amide bonds. The van der Waals surface area contributed by atoms with Crippen molar-refractivity contribution in [2.24, 2.45) is 22.7 Å². The maximum atomic E-state index is 11.2. The van der Waals surface area contributed by atoms with Crippen molar-refractivity contribution in [1.29, 1.82) is 0 Å². The van der Waals surface area contributed by atoms with Gasteiger partial charge in [-0.05, 0) is 60.5 Å². The van der Waals surface area contributed by atoms with Crippen LogP contribution in [0.4, 0.5) is 0 Å². The fraction of sp³-hybridized carbons (Fsp3) is 0.591. The van der Waals surface area contributed by atoms with E-state index in [4.69, 9.17) is 0 Å². The Morgan fingerprint density at radius 3 is 2.42 bits per heavy atom. The van der Waals surface area contributed by atoms with E-state index < -0.39 is 0 Å². The minimum absolute atomic E-state index is 0.00883. The molecule has 1 aromatic carbocycles. The topological polar surface area (TPSA) is 77.8 Å². The fourth-order valence-corrected chi connectivity index (χ4v) is 5.69. The van der Waals surface area contributed by atoms with Crippen LogP contribution in [0.5, 0.6) is 17.2 Å². The lowest BCUT2D eigenvalue weighted by atomic mass is 9.48. The maximum absolute atomic E-state index is 11.2. The summed E-state index contributed by atoms with van der Waals surface area (Å²) in [5, 5.41) is 30.7. The highest BCUT2D eigenvalue weighted by Crippen LogP contribution is 2.61. The summed E-state index contributed by atoms with van der Waals surface area (Å²) in [7, 11) is 0. The molecule has 0 saturated heterocycles. The Kier molecular flexibility index (Phi) is 4.58. The minimum Gasteiger partial charge on any atom is -0.506 e. The van der Waals surface area contributed by atoms with Gasteiger partial charge in [0.1, 0.15) is 5.75 Å². The Hall–Kier alpha value is -1.97. The van der Waals surface area contributed by atoms with Crippen LogP contribution in [0.15, 0.2) is 11.6 Å². The molecule has 1 aromatic rings. The highest BCUT2D eigenvalue weighted by molar-refractivity contribution is 5.86. The second-order valence-corrected chi connectivity index (χ2v) is 9.10. The van der Waals surface area contributed by atoms with Gasteiger partial charge in [0.15, 0.2) is 17.8 Å². The van der Waals surface area contributed by atoms with E-state index in [0.717, 1.165) is 25.3 Å². The van der Waals surface area contributed by atoms with E-state index in [2.05, 4.69) is 27.7 Å². The summed E-state index contributed by atoms with van der Waals surface area (Å²) in [5.41, 5.74) is 1.59. The van der Waals surface area contributed by atoms with Gasteiger partial charge in [-0.25, -0.2) is 0 Å². The molecule has 0 bridgehead atoms. The Morgan fingerprint density at radius 1 is 1.08 bits per heavy atom. The van der Waals surface area contributed by atoms with Crippen molar-refractivity contribution in [2.45, 2.75) is 59.8 Å². The molecule has 2 aliphatic rings. The maximum Gasteiger partial charge on any atom is 0.168 e. The van der Waals surface area contributed by atoms with Crippen LogP contribution in [0.3, 0.4) is 0 Å². The number of hydrogen-bond donors (Lipinski definition) is 3. The van der Waals surface area contributed by atoms with E-state index in [0.29, 0.717) is 18.1 Å². The molecule has 0 aliphatic heterocycles. The van der Waals surface area contributed by atoms with Crippen LogP contribution in [0.1, 0.15) is 75.7 Å². The van der Waals surface area contributed by atoms with Gasteiger partial charge in [0.05, 0.1) is 11.1 Å². The second kappa shape index (κ2) is 6.33. The van der Waals surface area contributed by atoms with Gasteiger partial charge in [0.25, 0.3) is 0 Å². The van der Waals surface area contributed by atoms with Crippen molar-refractivity contribution in [3.05, 3.63) is 22.8 Å². The van der Waals surface area contributed by atoms with Crippen LogP contribution in [-0.2, 0) is 0 Å². The van der Waals surface area contributed by atoms with Gasteiger partial charge in [0.2, 0.25) is 0 Å². The van der Waals surface area contributed by atoms with Crippen LogP contribution in [-0.4, -0.2) is 21.6 Å². The lowest BCUT2D eigenvalue weighted by Gasteiger charge is -2.56. The van der Waals surface area contributed by atoms with E-state index in [9.17, 15) is 20.1 Å². The van der Waals surface area contributed by atoms with Crippen molar-refractivity contribution in [3.63, 3.8) is 0 Å². The number of phenols is 3. The highest BCUT2D eigenvalue weighted by atomic mass is 16.3. The summed E-state index contributed by atoms with van der Waals surface area (Å²) in [5.74, 6) is -0.153. The number of hydrogen-bond acceptors (Lipinski definition) is 4. The fourth-order valence-electron chi connectivity index (χ4n) is 5.69. The number of aldehydes is 1. The average Bonchev–Trinajstić information content (AvgIpc) is 2.56. The van der Waals surface area contributed by atoms with Gasteiger partial charge in [-0.2, -0.15) is 0 Å². The Labute approximate surface area is 155 Å². The SMILES string of the molecule is CC1CCC2C(C)(C)CCCC2(C)/C1=C/c1c(O)c(O)cc(C=O)c1O. The average molecular weight is 358 g/mol. The van der Waals surface area contributed by atoms with E-state index in [1.807, 2.05) is 6.08 Å². The molecule has 2 fully saturated rings. The van der Waals surface area contributed by atoms with Crippen LogP contribution in [0.2, 0.25) is 0 Å². The lowest BCUT2D eigenvalue weighted by molar-refractivity contribution is -0.00535. The number of carbonyl (C=O) groups is 1. The first-order chi connectivity index (χ1) is 12.1. The molecule has 142 valence electrons. The summed E-state index contributed by atoms with van der Waals surface area (Å²) < 4.78 is 0. The zero-order valence-electron chi connectivity index (χ0n) is 16.2. The van der Waals surface area contributed by atoms with Gasteiger partial charge in [-0.3, -0.25) is 4.79 Å². The van der Waals surface area contributed by atoms with Crippen LogP contribution in [0, 0.1) is 22.7 Å². The largest absolute Gasteiger partial charge is 0.506 e. The number of benzene rings is 1. The molecular weight excluding hydrogens is 328 g/mol. The lowest BCUT2D eigenvalue weighted by Crippen LogP contribution is -2.47. The van der Waals surface area contributed by atoms with Crippen LogP contribution in [0.25, 0.3) is 6.08 Å². The molecule has 3 N–H and O–H groups in total. The van der Waals surface area contributed by atoms with E-state index >= 15 is 0 Å². The summed E-state index contributed by atoms with van der Waals surface area (Å²) in [6.45, 7) is 9.18. The normalized spacial score (nSPS) is 32.2. The third-order valence-corrected chi connectivity index (χ3v) is 7.05. The van der Waals surface area contributed by atoms with Gasteiger partial charge in [-0.1, -0.05) is 39.7 Å². The smallest absolute Gasteiger partial charge is 0.168 e. The van der Waals surface area contributed by atoms with Crippen molar-refractivity contribution in [2.75, 3.05) is 0 Å². The summed E-state index contributed by atoms with van der Waals surface area (Å²) in [4.78, 5) is 11.2. The number of carbonyl (C=O) groups excluding carboxylic acids is 1. The Bertz CT molecular complexity index is 762. The number of allylic oxidation sites excluding steroid dienone is 1. The molecule has 0 aromatic heterocycles. The first-order valence-corrected chi connectivity index (χ1v) is 9.57. The van der Waals surface area contributed by atoms with Gasteiger partial charge in [-0.15, -0.1) is 0 Å². The molecule has 3 rings (SSSR count). The third-order valence-electron chi connectivity index (χ3n) is 7.05. The van der Waals surface area contributed by atoms with Gasteiger partial charge >= 0.3 is 0 Å². The zero-order valence-corrected chi connectivity index (χ0v) is 16.2. The molecule has 2 saturated carbocycles. The summed E-state index contributed by atoms with van der Waals surface area (Å²) >= 11 is 0. The predicted molar refractivity (Wildman–Crippen MR) is 102 cm³/mol. The van der Waals surface area contributed by atoms with Crippen LogP contribution < -0.4 is 0 Å². The van der Waals surface area contributed by atoms with E-state index in [1.54, 1.807) is 0 Å². The Balaban J connectivity index is 2.18. The number of fused-ring (bicyclic) bond motifs is 1. The van der Waals surface area contributed by atoms with Crippen molar-refractivity contribution >= 4 is 12.4 Å². The summed E-state index contributed by atoms with van der Waals surface area (Å²) in [6, 6.07) is 1.10. The quantitative estimate of drug-likeness (QED) is 0.383. The first-order valence-electron chi connectivity index (χ1n) is 9.57. The second-order valence-electron chi connectivity index (χ2n) is 9.10. The number of aromatic hydroxyl groups is 3. The molecule has 0 heterocycles. The van der Waals surface area contributed by atoms with Crippen molar-refractivity contribution < 1.29 is 20.1 Å². The molecular formula is C22H30O4. The van der Waals surface area contributed by atoms with Crippen molar-refractivity contribution in [3.8, 4) is 17.2 Å². The van der Waals surface area contributed by atoms with Crippen LogP contribution >= 0.6 is 0 Å².